The summed E-state index contributed by atoms with van der Waals surface area (Å²) in [6.07, 6.45) is 1.57. The van der Waals surface area contributed by atoms with Crippen molar-refractivity contribution in [2.75, 3.05) is 11.9 Å². The normalized spacial score (nSPS) is 16.4. The summed E-state index contributed by atoms with van der Waals surface area (Å²) in [6, 6.07) is 7.65. The molecule has 3 nitrogen and oxygen atoms in total. The SMILES string of the molecule is CCOC(=O)C1Cc2c(Cc3ccc(Cl)cc3)csc2N1. The van der Waals surface area contributed by atoms with Crippen LogP contribution in [0.5, 0.6) is 0 Å². The van der Waals surface area contributed by atoms with Crippen molar-refractivity contribution in [3.05, 3.63) is 51.4 Å². The van der Waals surface area contributed by atoms with Gasteiger partial charge in [0.15, 0.2) is 0 Å². The molecule has 0 saturated carbocycles. The number of anilines is 1. The van der Waals surface area contributed by atoms with Crippen molar-refractivity contribution >= 4 is 33.9 Å². The van der Waals surface area contributed by atoms with Gasteiger partial charge in [-0.2, -0.15) is 0 Å². The molecule has 0 radical (unpaired) electrons. The van der Waals surface area contributed by atoms with Crippen LogP contribution in [0.2, 0.25) is 5.02 Å². The second-order valence-electron chi connectivity index (χ2n) is 5.02. The van der Waals surface area contributed by atoms with Crippen LogP contribution in [0.3, 0.4) is 0 Å². The highest BCUT2D eigenvalue weighted by molar-refractivity contribution is 7.14. The van der Waals surface area contributed by atoms with E-state index in [4.69, 9.17) is 16.3 Å². The summed E-state index contributed by atoms with van der Waals surface area (Å²) in [5.41, 5.74) is 3.74. The number of carbonyl (C=O) groups is 1. The Morgan fingerprint density at radius 2 is 2.19 bits per heavy atom. The van der Waals surface area contributed by atoms with Crippen LogP contribution in [-0.4, -0.2) is 18.6 Å². The quantitative estimate of drug-likeness (QED) is 0.868. The van der Waals surface area contributed by atoms with Gasteiger partial charge in [-0.05, 0) is 47.5 Å². The minimum absolute atomic E-state index is 0.168. The Hall–Kier alpha value is -1.52. The van der Waals surface area contributed by atoms with E-state index in [0.29, 0.717) is 13.0 Å². The third kappa shape index (κ3) is 3.06. The molecule has 3 rings (SSSR count). The fourth-order valence-corrected chi connectivity index (χ4v) is 3.71. The molecule has 1 unspecified atom stereocenters. The first-order chi connectivity index (χ1) is 10.2. The van der Waals surface area contributed by atoms with Gasteiger partial charge >= 0.3 is 5.97 Å². The van der Waals surface area contributed by atoms with Gasteiger partial charge in [-0.25, -0.2) is 4.79 Å². The van der Waals surface area contributed by atoms with Crippen LogP contribution in [0, 0.1) is 0 Å². The molecule has 0 bridgehead atoms. The zero-order valence-corrected chi connectivity index (χ0v) is 13.3. The lowest BCUT2D eigenvalue weighted by atomic mass is 10.0. The van der Waals surface area contributed by atoms with Crippen LogP contribution in [0.4, 0.5) is 5.00 Å². The molecule has 0 amide bonds. The Kier molecular flexibility index (Phi) is 4.17. The van der Waals surface area contributed by atoms with Gasteiger partial charge in [0.25, 0.3) is 0 Å². The van der Waals surface area contributed by atoms with Crippen LogP contribution in [0.25, 0.3) is 0 Å². The summed E-state index contributed by atoms with van der Waals surface area (Å²) in [6.45, 7) is 2.25. The smallest absolute Gasteiger partial charge is 0.328 e. The molecule has 5 heteroatoms. The van der Waals surface area contributed by atoms with Gasteiger partial charge in [0.2, 0.25) is 0 Å². The van der Waals surface area contributed by atoms with Crippen LogP contribution < -0.4 is 5.32 Å². The van der Waals surface area contributed by atoms with E-state index < -0.39 is 0 Å². The zero-order valence-electron chi connectivity index (χ0n) is 11.7. The molecule has 21 heavy (non-hydrogen) atoms. The average Bonchev–Trinajstić information content (AvgIpc) is 3.03. The van der Waals surface area contributed by atoms with Gasteiger partial charge < -0.3 is 10.1 Å². The number of hydrogen-bond acceptors (Lipinski definition) is 4. The molecule has 1 aliphatic rings. The fourth-order valence-electron chi connectivity index (χ4n) is 2.53. The van der Waals surface area contributed by atoms with E-state index >= 15 is 0 Å². The van der Waals surface area contributed by atoms with Crippen molar-refractivity contribution in [1.82, 2.24) is 0 Å². The Bertz CT molecular complexity index is 651. The first-order valence-corrected chi connectivity index (χ1v) is 8.20. The number of fused-ring (bicyclic) bond motifs is 1. The predicted octanol–water partition coefficient (Wildman–Crippen LogP) is 3.89. The molecule has 2 aromatic rings. The summed E-state index contributed by atoms with van der Waals surface area (Å²) >= 11 is 7.57. The molecule has 0 fully saturated rings. The van der Waals surface area contributed by atoms with Crippen LogP contribution >= 0.6 is 22.9 Å². The molecule has 1 aromatic heterocycles. The Balaban J connectivity index is 1.74. The van der Waals surface area contributed by atoms with E-state index in [2.05, 4.69) is 10.7 Å². The van der Waals surface area contributed by atoms with Gasteiger partial charge in [0, 0.05) is 11.4 Å². The lowest BCUT2D eigenvalue weighted by Gasteiger charge is -2.09. The Labute approximate surface area is 132 Å². The second kappa shape index (κ2) is 6.08. The topological polar surface area (TPSA) is 38.3 Å². The molecule has 0 spiro atoms. The van der Waals surface area contributed by atoms with Crippen molar-refractivity contribution in [2.24, 2.45) is 0 Å². The lowest BCUT2D eigenvalue weighted by Crippen LogP contribution is -2.29. The minimum Gasteiger partial charge on any atom is -0.464 e. The number of ether oxygens (including phenoxy) is 1. The molecule has 1 aliphatic heterocycles. The largest absolute Gasteiger partial charge is 0.464 e. The van der Waals surface area contributed by atoms with Crippen molar-refractivity contribution in [2.45, 2.75) is 25.8 Å². The molecule has 1 atom stereocenters. The minimum atomic E-state index is -0.239. The highest BCUT2D eigenvalue weighted by Gasteiger charge is 2.30. The first kappa shape index (κ1) is 14.4. The molecule has 0 aliphatic carbocycles. The van der Waals surface area contributed by atoms with Gasteiger partial charge in [-0.15, -0.1) is 11.3 Å². The van der Waals surface area contributed by atoms with Crippen molar-refractivity contribution in [3.63, 3.8) is 0 Å². The van der Waals surface area contributed by atoms with E-state index in [0.717, 1.165) is 16.4 Å². The summed E-state index contributed by atoms with van der Waals surface area (Å²) in [7, 11) is 0. The maximum atomic E-state index is 11.8. The molecule has 1 aromatic carbocycles. The standard InChI is InChI=1S/C16H16ClNO2S/c1-2-20-16(19)14-8-13-11(9-21-15(13)18-14)7-10-3-5-12(17)6-4-10/h3-6,9,14,18H,2,7-8H2,1H3. The third-order valence-corrected chi connectivity index (χ3v) is 4.83. The van der Waals surface area contributed by atoms with Crippen LogP contribution in [-0.2, 0) is 22.4 Å². The summed E-state index contributed by atoms with van der Waals surface area (Å²) in [4.78, 5) is 11.8. The maximum absolute atomic E-state index is 11.8. The fraction of sp³-hybridized carbons (Fsp3) is 0.312. The number of benzene rings is 1. The summed E-state index contributed by atoms with van der Waals surface area (Å²) in [5, 5.41) is 7.26. The number of rotatable bonds is 4. The molecular weight excluding hydrogens is 306 g/mol. The monoisotopic (exact) mass is 321 g/mol. The van der Waals surface area contributed by atoms with Crippen LogP contribution in [0.1, 0.15) is 23.6 Å². The van der Waals surface area contributed by atoms with E-state index in [9.17, 15) is 4.79 Å². The van der Waals surface area contributed by atoms with Crippen LogP contribution in [0.15, 0.2) is 29.6 Å². The number of esters is 1. The maximum Gasteiger partial charge on any atom is 0.328 e. The second-order valence-corrected chi connectivity index (χ2v) is 6.34. The zero-order chi connectivity index (χ0) is 14.8. The number of carbonyl (C=O) groups excluding carboxylic acids is 1. The highest BCUT2D eigenvalue weighted by Crippen LogP contribution is 2.36. The van der Waals surface area contributed by atoms with E-state index in [-0.39, 0.29) is 12.0 Å². The molecule has 1 N–H and O–H groups in total. The van der Waals surface area contributed by atoms with E-state index in [1.54, 1.807) is 11.3 Å². The number of halogens is 1. The third-order valence-electron chi connectivity index (χ3n) is 3.57. The van der Waals surface area contributed by atoms with Gasteiger partial charge in [0.05, 0.1) is 11.6 Å². The lowest BCUT2D eigenvalue weighted by molar-refractivity contribution is -0.143. The summed E-state index contributed by atoms with van der Waals surface area (Å²) < 4.78 is 5.09. The first-order valence-electron chi connectivity index (χ1n) is 6.94. The molecule has 2 heterocycles. The number of thiophene rings is 1. The van der Waals surface area contributed by atoms with Crippen molar-refractivity contribution < 1.29 is 9.53 Å². The molecular formula is C16H16ClNO2S. The van der Waals surface area contributed by atoms with Crippen molar-refractivity contribution in [3.8, 4) is 0 Å². The Morgan fingerprint density at radius 1 is 1.43 bits per heavy atom. The van der Waals surface area contributed by atoms with Gasteiger partial charge in [-0.3, -0.25) is 0 Å². The molecule has 110 valence electrons. The summed E-state index contributed by atoms with van der Waals surface area (Å²) in [5.74, 6) is -0.168. The van der Waals surface area contributed by atoms with E-state index in [1.807, 2.05) is 31.2 Å². The van der Waals surface area contributed by atoms with Gasteiger partial charge in [0.1, 0.15) is 6.04 Å². The highest BCUT2D eigenvalue weighted by atomic mass is 35.5. The number of nitrogens with one attached hydrogen (secondary N) is 1. The average molecular weight is 322 g/mol. The van der Waals surface area contributed by atoms with E-state index in [1.165, 1.54) is 16.7 Å². The van der Waals surface area contributed by atoms with Gasteiger partial charge in [-0.1, -0.05) is 23.7 Å². The van der Waals surface area contributed by atoms with Crippen molar-refractivity contribution in [1.29, 1.82) is 0 Å². The Morgan fingerprint density at radius 3 is 2.90 bits per heavy atom. The molecule has 0 saturated heterocycles. The number of hydrogen-bond donors (Lipinski definition) is 1. The predicted molar refractivity (Wildman–Crippen MR) is 86.3 cm³/mol.